The number of nitrogens with one attached hydrogen (secondary N) is 2. The Morgan fingerprint density at radius 1 is 1.43 bits per heavy atom. The van der Waals surface area contributed by atoms with Gasteiger partial charge in [0.25, 0.3) is 5.56 Å². The van der Waals surface area contributed by atoms with Crippen molar-refractivity contribution in [2.75, 3.05) is 5.32 Å². The molecule has 1 atom stereocenters. The van der Waals surface area contributed by atoms with Crippen LogP contribution in [0.1, 0.15) is 31.9 Å². The molecule has 0 spiro atoms. The van der Waals surface area contributed by atoms with E-state index >= 15 is 0 Å². The second kappa shape index (κ2) is 6.06. The van der Waals surface area contributed by atoms with Crippen molar-refractivity contribution in [1.82, 2.24) is 15.0 Å². The largest absolute Gasteiger partial charge is 0.367 e. The molecule has 23 heavy (non-hydrogen) atoms. The lowest BCUT2D eigenvalue weighted by molar-refractivity contribution is 0.00852. The fourth-order valence-electron chi connectivity index (χ4n) is 2.73. The van der Waals surface area contributed by atoms with Gasteiger partial charge in [-0.25, -0.2) is 18.7 Å². The van der Waals surface area contributed by atoms with Crippen molar-refractivity contribution in [2.24, 2.45) is 0 Å². The fraction of sp³-hybridized carbons (Fsp3) is 0.438. The van der Waals surface area contributed by atoms with Gasteiger partial charge in [-0.1, -0.05) is 6.92 Å². The normalized spacial score (nSPS) is 19.7. The number of halogens is 2. The Morgan fingerprint density at radius 3 is 2.87 bits per heavy atom. The predicted molar refractivity (Wildman–Crippen MR) is 83.7 cm³/mol. The maximum Gasteiger partial charge on any atom is 0.251 e. The smallest absolute Gasteiger partial charge is 0.251 e. The van der Waals surface area contributed by atoms with Gasteiger partial charge in [-0.05, 0) is 25.0 Å². The minimum atomic E-state index is -2.58. The minimum Gasteiger partial charge on any atom is -0.367 e. The summed E-state index contributed by atoms with van der Waals surface area (Å²) in [7, 11) is 0. The molecule has 0 bridgehead atoms. The van der Waals surface area contributed by atoms with Gasteiger partial charge in [-0.2, -0.15) is 0 Å². The monoisotopic (exact) mass is 320 g/mol. The molecule has 5 nitrogen and oxygen atoms in total. The first-order chi connectivity index (χ1) is 10.9. The molecule has 1 aliphatic carbocycles. The van der Waals surface area contributed by atoms with E-state index in [9.17, 15) is 13.6 Å². The fourth-order valence-corrected chi connectivity index (χ4v) is 2.73. The molecule has 2 aromatic heterocycles. The molecular formula is C16H18F2N4O. The number of anilines is 1. The summed E-state index contributed by atoms with van der Waals surface area (Å²) in [6.07, 6.45) is 2.43. The van der Waals surface area contributed by atoms with Crippen molar-refractivity contribution < 1.29 is 8.78 Å². The number of aromatic amines is 1. The molecule has 3 rings (SSSR count). The summed E-state index contributed by atoms with van der Waals surface area (Å²) in [5.41, 5.74) is 1.18. The average molecular weight is 320 g/mol. The average Bonchev–Trinajstić information content (AvgIpc) is 2.86. The number of hydrogen-bond acceptors (Lipinski definition) is 4. The van der Waals surface area contributed by atoms with Crippen LogP contribution in [0.15, 0.2) is 29.2 Å². The highest BCUT2D eigenvalue weighted by molar-refractivity contribution is 5.56. The van der Waals surface area contributed by atoms with E-state index in [1.165, 1.54) is 6.07 Å². The molecule has 2 aromatic rings. The molecular weight excluding hydrogens is 302 g/mol. The van der Waals surface area contributed by atoms with Crippen molar-refractivity contribution in [3.8, 4) is 11.4 Å². The van der Waals surface area contributed by atoms with E-state index in [1.807, 2.05) is 6.92 Å². The predicted octanol–water partition coefficient (Wildman–Crippen LogP) is 2.99. The summed E-state index contributed by atoms with van der Waals surface area (Å²) in [5, 5.41) is 3.03. The number of aromatic nitrogens is 3. The number of aryl methyl sites for hydroxylation is 1. The Kier molecular flexibility index (Phi) is 4.11. The van der Waals surface area contributed by atoms with Crippen LogP contribution in [0.4, 0.5) is 14.6 Å². The van der Waals surface area contributed by atoms with Crippen molar-refractivity contribution in [1.29, 1.82) is 0 Å². The summed E-state index contributed by atoms with van der Waals surface area (Å²) in [6.45, 7) is 1.92. The van der Waals surface area contributed by atoms with Gasteiger partial charge in [-0.15, -0.1) is 0 Å². The van der Waals surface area contributed by atoms with Gasteiger partial charge in [0.15, 0.2) is 0 Å². The van der Waals surface area contributed by atoms with Crippen LogP contribution in [0, 0.1) is 0 Å². The summed E-state index contributed by atoms with van der Waals surface area (Å²) < 4.78 is 26.4. The summed E-state index contributed by atoms with van der Waals surface area (Å²) in [5.74, 6) is -1.58. The third kappa shape index (κ3) is 3.72. The first-order valence-electron chi connectivity index (χ1n) is 7.66. The number of pyridine rings is 1. The topological polar surface area (TPSA) is 70.7 Å². The maximum atomic E-state index is 13.2. The number of hydrogen-bond donors (Lipinski definition) is 2. The molecule has 1 saturated carbocycles. The quantitative estimate of drug-likeness (QED) is 0.908. The molecule has 0 saturated heterocycles. The lowest BCUT2D eigenvalue weighted by Gasteiger charge is -2.13. The van der Waals surface area contributed by atoms with Gasteiger partial charge in [0.05, 0.1) is 0 Å². The Morgan fingerprint density at radius 2 is 2.26 bits per heavy atom. The standard InChI is InChI=1S/C16H18F2N4O/c1-2-11-7-14(23)22-15(21-11)10-3-4-13(19-9-10)20-12-5-6-16(17,18)8-12/h3-4,7,9,12H,2,5-6,8H2,1H3,(H,19,20)(H,21,22,23). The van der Waals surface area contributed by atoms with Gasteiger partial charge < -0.3 is 10.3 Å². The molecule has 1 unspecified atom stereocenters. The molecule has 2 heterocycles. The highest BCUT2D eigenvalue weighted by Gasteiger charge is 2.39. The molecule has 2 N–H and O–H groups in total. The van der Waals surface area contributed by atoms with Crippen LogP contribution < -0.4 is 10.9 Å². The van der Waals surface area contributed by atoms with E-state index in [2.05, 4.69) is 20.3 Å². The van der Waals surface area contributed by atoms with Crippen molar-refractivity contribution >= 4 is 5.82 Å². The third-order valence-corrected chi connectivity index (χ3v) is 3.95. The number of H-pyrrole nitrogens is 1. The Labute approximate surface area is 132 Å². The zero-order valence-corrected chi connectivity index (χ0v) is 12.8. The zero-order chi connectivity index (χ0) is 16.4. The van der Waals surface area contributed by atoms with Crippen LogP contribution >= 0.6 is 0 Å². The first kappa shape index (κ1) is 15.6. The third-order valence-electron chi connectivity index (χ3n) is 3.95. The van der Waals surface area contributed by atoms with E-state index < -0.39 is 5.92 Å². The van der Waals surface area contributed by atoms with Crippen LogP contribution in [-0.4, -0.2) is 26.9 Å². The molecule has 0 aromatic carbocycles. The number of alkyl halides is 2. The molecule has 122 valence electrons. The van der Waals surface area contributed by atoms with Crippen LogP contribution in [-0.2, 0) is 6.42 Å². The highest BCUT2D eigenvalue weighted by atomic mass is 19.3. The van der Waals surface area contributed by atoms with Gasteiger partial charge in [0.1, 0.15) is 11.6 Å². The van der Waals surface area contributed by atoms with Crippen LogP contribution in [0.25, 0.3) is 11.4 Å². The van der Waals surface area contributed by atoms with E-state index in [4.69, 9.17) is 0 Å². The van der Waals surface area contributed by atoms with Gasteiger partial charge >= 0.3 is 0 Å². The Balaban J connectivity index is 1.75. The van der Waals surface area contributed by atoms with Crippen LogP contribution in [0.2, 0.25) is 0 Å². The zero-order valence-electron chi connectivity index (χ0n) is 12.8. The van der Waals surface area contributed by atoms with Crippen LogP contribution in [0.5, 0.6) is 0 Å². The van der Waals surface area contributed by atoms with Gasteiger partial charge in [0.2, 0.25) is 5.92 Å². The van der Waals surface area contributed by atoms with Gasteiger partial charge in [-0.3, -0.25) is 4.79 Å². The molecule has 0 radical (unpaired) electrons. The summed E-state index contributed by atoms with van der Waals surface area (Å²) >= 11 is 0. The van der Waals surface area contributed by atoms with E-state index in [0.717, 1.165) is 0 Å². The van der Waals surface area contributed by atoms with E-state index in [-0.39, 0.29) is 24.4 Å². The van der Waals surface area contributed by atoms with E-state index in [0.29, 0.717) is 35.7 Å². The van der Waals surface area contributed by atoms with Crippen molar-refractivity contribution in [3.05, 3.63) is 40.4 Å². The number of rotatable bonds is 4. The second-order valence-electron chi connectivity index (χ2n) is 5.81. The van der Waals surface area contributed by atoms with Crippen molar-refractivity contribution in [2.45, 2.75) is 44.6 Å². The molecule has 7 heteroatoms. The molecule has 1 fully saturated rings. The summed E-state index contributed by atoms with van der Waals surface area (Å²) in [4.78, 5) is 22.9. The lowest BCUT2D eigenvalue weighted by Crippen LogP contribution is -2.19. The SMILES string of the molecule is CCc1cc(=O)[nH]c(-c2ccc(NC3CCC(F)(F)C3)nc2)n1. The first-order valence-corrected chi connectivity index (χ1v) is 7.66. The van der Waals surface area contributed by atoms with Crippen molar-refractivity contribution in [3.63, 3.8) is 0 Å². The Hall–Kier alpha value is -2.31. The second-order valence-corrected chi connectivity index (χ2v) is 5.81. The summed E-state index contributed by atoms with van der Waals surface area (Å²) in [6, 6.07) is 4.68. The maximum absolute atomic E-state index is 13.2. The highest BCUT2D eigenvalue weighted by Crippen LogP contribution is 2.36. The minimum absolute atomic E-state index is 0.0856. The molecule has 0 amide bonds. The van der Waals surface area contributed by atoms with Gasteiger partial charge in [0, 0.05) is 42.4 Å². The molecule has 1 aliphatic rings. The van der Waals surface area contributed by atoms with Crippen LogP contribution in [0.3, 0.4) is 0 Å². The lowest BCUT2D eigenvalue weighted by atomic mass is 10.2. The number of nitrogens with zero attached hydrogens (tertiary/aromatic N) is 2. The Bertz CT molecular complexity index is 742. The molecule has 0 aliphatic heterocycles. The van der Waals surface area contributed by atoms with E-state index in [1.54, 1.807) is 18.3 Å².